The Balaban J connectivity index is 1.59. The van der Waals surface area contributed by atoms with Crippen LogP contribution in [0.1, 0.15) is 64.7 Å². The van der Waals surface area contributed by atoms with Gasteiger partial charge in [0.25, 0.3) is 0 Å². The summed E-state index contributed by atoms with van der Waals surface area (Å²) in [6, 6.07) is 0. The number of nitrogens with two attached hydrogens (primary N) is 1. The lowest BCUT2D eigenvalue weighted by molar-refractivity contribution is -0.129. The monoisotopic (exact) mass is 351 g/mol. The van der Waals surface area contributed by atoms with Crippen molar-refractivity contribution >= 4 is 5.91 Å². The van der Waals surface area contributed by atoms with Crippen molar-refractivity contribution in [1.29, 1.82) is 0 Å². The van der Waals surface area contributed by atoms with Gasteiger partial charge in [-0.3, -0.25) is 9.69 Å². The van der Waals surface area contributed by atoms with Gasteiger partial charge in [0, 0.05) is 37.1 Å². The van der Waals surface area contributed by atoms with Crippen LogP contribution in [0.3, 0.4) is 0 Å². The molecule has 0 bridgehead atoms. The standard InChI is InChI=1S/C20H37N3O2/c1-19(21)8-6-3-7-17(19)18(24)22-15-20(9-4-2-5-10-20)16-23-11-13-25-14-12-23/h17H,2-16,21H2,1H3,(H,22,24). The minimum Gasteiger partial charge on any atom is -0.379 e. The van der Waals surface area contributed by atoms with Crippen molar-refractivity contribution in [3.05, 3.63) is 0 Å². The molecule has 1 aliphatic heterocycles. The van der Waals surface area contributed by atoms with E-state index in [2.05, 4.69) is 17.1 Å². The lowest BCUT2D eigenvalue weighted by Gasteiger charge is -2.43. The van der Waals surface area contributed by atoms with Crippen LogP contribution in [-0.4, -0.2) is 55.7 Å². The predicted octanol–water partition coefficient (Wildman–Crippen LogP) is 2.29. The largest absolute Gasteiger partial charge is 0.379 e. The first-order chi connectivity index (χ1) is 12.0. The molecule has 3 aliphatic rings. The van der Waals surface area contributed by atoms with E-state index in [1.54, 1.807) is 0 Å². The molecule has 144 valence electrons. The van der Waals surface area contributed by atoms with Crippen LogP contribution in [0.15, 0.2) is 0 Å². The van der Waals surface area contributed by atoms with E-state index in [0.29, 0.717) is 0 Å². The number of ether oxygens (including phenoxy) is 1. The first kappa shape index (κ1) is 19.1. The minimum absolute atomic E-state index is 0.0229. The topological polar surface area (TPSA) is 67.6 Å². The Morgan fingerprint density at radius 2 is 1.80 bits per heavy atom. The number of carbonyl (C=O) groups excluding carboxylic acids is 1. The molecule has 2 aliphatic carbocycles. The Morgan fingerprint density at radius 3 is 2.48 bits per heavy atom. The zero-order chi connectivity index (χ0) is 17.8. The highest BCUT2D eigenvalue weighted by Crippen LogP contribution is 2.37. The van der Waals surface area contributed by atoms with Crippen molar-refractivity contribution in [2.45, 2.75) is 70.3 Å². The maximum absolute atomic E-state index is 12.9. The summed E-state index contributed by atoms with van der Waals surface area (Å²) in [7, 11) is 0. The fourth-order valence-corrected chi connectivity index (χ4v) is 5.11. The van der Waals surface area contributed by atoms with E-state index in [-0.39, 0.29) is 22.8 Å². The van der Waals surface area contributed by atoms with Gasteiger partial charge < -0.3 is 15.8 Å². The molecular formula is C20H37N3O2. The Bertz CT molecular complexity index is 440. The van der Waals surface area contributed by atoms with Gasteiger partial charge >= 0.3 is 0 Å². The highest BCUT2D eigenvalue weighted by atomic mass is 16.5. The van der Waals surface area contributed by atoms with E-state index in [4.69, 9.17) is 10.5 Å². The number of nitrogens with one attached hydrogen (secondary N) is 1. The minimum atomic E-state index is -0.341. The van der Waals surface area contributed by atoms with E-state index >= 15 is 0 Å². The number of carbonyl (C=O) groups is 1. The quantitative estimate of drug-likeness (QED) is 0.797. The Kier molecular flexibility index (Phi) is 6.39. The summed E-state index contributed by atoms with van der Waals surface area (Å²) in [6.45, 7) is 7.71. The van der Waals surface area contributed by atoms with Gasteiger partial charge in [-0.2, -0.15) is 0 Å². The van der Waals surface area contributed by atoms with Gasteiger partial charge in [-0.1, -0.05) is 32.1 Å². The molecule has 0 aromatic rings. The zero-order valence-electron chi connectivity index (χ0n) is 16.0. The van der Waals surface area contributed by atoms with Gasteiger partial charge in [-0.25, -0.2) is 0 Å². The average Bonchev–Trinajstić information content (AvgIpc) is 2.61. The van der Waals surface area contributed by atoms with Crippen LogP contribution < -0.4 is 11.1 Å². The van der Waals surface area contributed by atoms with E-state index in [1.807, 2.05) is 0 Å². The molecule has 2 saturated carbocycles. The van der Waals surface area contributed by atoms with Crippen LogP contribution in [0.5, 0.6) is 0 Å². The fourth-order valence-electron chi connectivity index (χ4n) is 5.11. The second-order valence-electron chi connectivity index (χ2n) is 8.97. The smallest absolute Gasteiger partial charge is 0.224 e. The van der Waals surface area contributed by atoms with Crippen LogP contribution in [0, 0.1) is 11.3 Å². The first-order valence-electron chi connectivity index (χ1n) is 10.4. The summed E-state index contributed by atoms with van der Waals surface area (Å²) >= 11 is 0. The third kappa shape index (κ3) is 4.95. The molecule has 3 fully saturated rings. The second kappa shape index (κ2) is 8.36. The zero-order valence-corrected chi connectivity index (χ0v) is 16.0. The molecule has 0 aromatic heterocycles. The van der Waals surface area contributed by atoms with Crippen molar-refractivity contribution in [2.75, 3.05) is 39.4 Å². The summed E-state index contributed by atoms with van der Waals surface area (Å²) in [5, 5.41) is 3.33. The summed E-state index contributed by atoms with van der Waals surface area (Å²) in [5.74, 6) is 0.168. The first-order valence-corrected chi connectivity index (χ1v) is 10.4. The van der Waals surface area contributed by atoms with E-state index in [9.17, 15) is 4.79 Å². The molecule has 5 nitrogen and oxygen atoms in total. The van der Waals surface area contributed by atoms with Crippen molar-refractivity contribution in [1.82, 2.24) is 10.2 Å². The normalized spacial score (nSPS) is 33.8. The Hall–Kier alpha value is -0.650. The van der Waals surface area contributed by atoms with Crippen LogP contribution in [0.4, 0.5) is 0 Å². The summed E-state index contributed by atoms with van der Waals surface area (Å²) in [4.78, 5) is 15.4. The molecule has 1 saturated heterocycles. The number of morpholine rings is 1. The highest BCUT2D eigenvalue weighted by Gasteiger charge is 2.40. The lowest BCUT2D eigenvalue weighted by atomic mass is 9.72. The van der Waals surface area contributed by atoms with Crippen LogP contribution in [0.2, 0.25) is 0 Å². The third-order valence-corrected chi connectivity index (χ3v) is 6.79. The Morgan fingerprint density at radius 1 is 1.12 bits per heavy atom. The molecule has 0 spiro atoms. The van der Waals surface area contributed by atoms with Gasteiger partial charge in [0.2, 0.25) is 5.91 Å². The van der Waals surface area contributed by atoms with Crippen molar-refractivity contribution in [3.8, 4) is 0 Å². The number of hydrogen-bond donors (Lipinski definition) is 2. The van der Waals surface area contributed by atoms with E-state index < -0.39 is 0 Å². The van der Waals surface area contributed by atoms with Crippen molar-refractivity contribution in [2.24, 2.45) is 17.1 Å². The van der Waals surface area contributed by atoms with Gasteiger partial charge in [0.05, 0.1) is 19.1 Å². The van der Waals surface area contributed by atoms with Crippen LogP contribution >= 0.6 is 0 Å². The van der Waals surface area contributed by atoms with Gasteiger partial charge in [0.15, 0.2) is 0 Å². The van der Waals surface area contributed by atoms with Gasteiger partial charge in [-0.05, 0) is 32.6 Å². The number of amides is 1. The maximum Gasteiger partial charge on any atom is 0.224 e. The summed E-state index contributed by atoms with van der Waals surface area (Å²) in [6.07, 6.45) is 10.6. The summed E-state index contributed by atoms with van der Waals surface area (Å²) < 4.78 is 5.50. The van der Waals surface area contributed by atoms with E-state index in [0.717, 1.165) is 65.1 Å². The molecule has 5 heteroatoms. The maximum atomic E-state index is 12.9. The van der Waals surface area contributed by atoms with Gasteiger partial charge in [-0.15, -0.1) is 0 Å². The number of rotatable bonds is 5. The summed E-state index contributed by atoms with van der Waals surface area (Å²) in [5.41, 5.74) is 6.33. The average molecular weight is 352 g/mol. The molecule has 1 amide bonds. The number of hydrogen-bond acceptors (Lipinski definition) is 4. The van der Waals surface area contributed by atoms with Gasteiger partial charge in [0.1, 0.15) is 0 Å². The molecule has 2 unspecified atom stereocenters. The molecule has 0 radical (unpaired) electrons. The van der Waals surface area contributed by atoms with Crippen molar-refractivity contribution < 1.29 is 9.53 Å². The van der Waals surface area contributed by atoms with E-state index in [1.165, 1.54) is 32.1 Å². The van der Waals surface area contributed by atoms with Crippen LogP contribution in [-0.2, 0) is 9.53 Å². The molecule has 1 heterocycles. The molecular weight excluding hydrogens is 314 g/mol. The molecule has 3 N–H and O–H groups in total. The third-order valence-electron chi connectivity index (χ3n) is 6.79. The molecule has 25 heavy (non-hydrogen) atoms. The molecule has 2 atom stereocenters. The second-order valence-corrected chi connectivity index (χ2v) is 8.97. The predicted molar refractivity (Wildman–Crippen MR) is 100 cm³/mol. The lowest BCUT2D eigenvalue weighted by Crippen LogP contribution is -2.55. The highest BCUT2D eigenvalue weighted by molar-refractivity contribution is 5.80. The number of nitrogens with zero attached hydrogens (tertiary/aromatic N) is 1. The SMILES string of the molecule is CC1(N)CCCCC1C(=O)NCC1(CN2CCOCC2)CCCCC1. The fraction of sp³-hybridized carbons (Fsp3) is 0.950. The Labute approximate surface area is 153 Å². The van der Waals surface area contributed by atoms with Crippen molar-refractivity contribution in [3.63, 3.8) is 0 Å². The molecule has 3 rings (SSSR count). The van der Waals surface area contributed by atoms with Crippen LogP contribution in [0.25, 0.3) is 0 Å². The molecule has 0 aromatic carbocycles.